The fourth-order valence-corrected chi connectivity index (χ4v) is 3.41. The summed E-state index contributed by atoms with van der Waals surface area (Å²) in [5.74, 6) is -0.586. The van der Waals surface area contributed by atoms with Gasteiger partial charge in [0.2, 0.25) is 5.91 Å². The van der Waals surface area contributed by atoms with Crippen LogP contribution >= 0.6 is 0 Å². The number of carbonyl (C=O) groups is 1. The summed E-state index contributed by atoms with van der Waals surface area (Å²) in [6.45, 7) is 4.81. The van der Waals surface area contributed by atoms with Gasteiger partial charge in [-0.05, 0) is 42.7 Å². The summed E-state index contributed by atoms with van der Waals surface area (Å²) in [6, 6.07) is 10.4. The van der Waals surface area contributed by atoms with Gasteiger partial charge < -0.3 is 9.72 Å². The van der Waals surface area contributed by atoms with E-state index in [-0.39, 0.29) is 24.1 Å². The normalized spacial score (nSPS) is 12.3. The third-order valence-corrected chi connectivity index (χ3v) is 4.86. The second-order valence-electron chi connectivity index (χ2n) is 6.94. The summed E-state index contributed by atoms with van der Waals surface area (Å²) in [5.41, 5.74) is 3.59. The van der Waals surface area contributed by atoms with E-state index < -0.39 is 0 Å². The van der Waals surface area contributed by atoms with E-state index in [4.69, 9.17) is 0 Å². The van der Waals surface area contributed by atoms with E-state index in [1.165, 1.54) is 12.1 Å². The molecule has 0 radical (unpaired) electrons. The van der Waals surface area contributed by atoms with Gasteiger partial charge in [-0.25, -0.2) is 9.37 Å². The molecule has 142 valence electrons. The molecule has 0 aliphatic carbocycles. The first-order valence-corrected chi connectivity index (χ1v) is 9.55. The zero-order chi connectivity index (χ0) is 19.2. The molecule has 1 aromatic carbocycles. The number of imidazole rings is 1. The Kier molecular flexibility index (Phi) is 6.22. The Bertz CT molecular complexity index is 919. The van der Waals surface area contributed by atoms with E-state index in [2.05, 4.69) is 17.2 Å². The Labute approximate surface area is 159 Å². The second-order valence-corrected chi connectivity index (χ2v) is 6.94. The number of nitrogens with one attached hydrogen (secondary N) is 1. The average molecular weight is 367 g/mol. The van der Waals surface area contributed by atoms with Gasteiger partial charge in [-0.1, -0.05) is 38.0 Å². The van der Waals surface area contributed by atoms with Crippen LogP contribution in [0.15, 0.2) is 48.8 Å². The van der Waals surface area contributed by atoms with Crippen LogP contribution in [-0.4, -0.2) is 21.8 Å². The van der Waals surface area contributed by atoms with Crippen molar-refractivity contribution in [2.45, 2.75) is 45.4 Å². The molecular formula is C22H26FN3O. The highest BCUT2D eigenvalue weighted by molar-refractivity contribution is 5.77. The maximum Gasteiger partial charge on any atom is 0.221 e. The van der Waals surface area contributed by atoms with Crippen LogP contribution < -0.4 is 5.32 Å². The number of rotatable bonds is 8. The maximum atomic E-state index is 13.8. The van der Waals surface area contributed by atoms with Crippen molar-refractivity contribution in [3.63, 3.8) is 0 Å². The van der Waals surface area contributed by atoms with Gasteiger partial charge >= 0.3 is 0 Å². The average Bonchev–Trinajstić information content (AvgIpc) is 3.08. The predicted molar refractivity (Wildman–Crippen MR) is 105 cm³/mol. The zero-order valence-electron chi connectivity index (χ0n) is 15.9. The molecule has 5 heteroatoms. The molecule has 4 nitrogen and oxygen atoms in total. The van der Waals surface area contributed by atoms with Crippen molar-refractivity contribution in [3.05, 3.63) is 71.4 Å². The minimum atomic E-state index is -0.300. The minimum Gasteiger partial charge on any atom is -0.356 e. The number of halogens is 1. The minimum absolute atomic E-state index is 0.0250. The Morgan fingerprint density at radius 1 is 1.26 bits per heavy atom. The van der Waals surface area contributed by atoms with E-state index in [1.54, 1.807) is 12.3 Å². The number of benzene rings is 1. The quantitative estimate of drug-likeness (QED) is 0.591. The number of unbranched alkanes of at least 4 members (excludes halogenated alkanes) is 2. The van der Waals surface area contributed by atoms with Crippen molar-refractivity contribution in [2.75, 3.05) is 6.54 Å². The number of hydrogen-bond acceptors (Lipinski definition) is 2. The smallest absolute Gasteiger partial charge is 0.221 e. The van der Waals surface area contributed by atoms with Crippen molar-refractivity contribution in [3.8, 4) is 0 Å². The standard InChI is InChI=1S/C22H26FN3O/c1-3-4-5-11-24-21(27)14-19(17-9-6-10-18(23)13-17)20-15-25-22-16(2)8-7-12-26(20)22/h6-10,12-13,15,19H,3-5,11,14H2,1-2H3,(H,24,27). The van der Waals surface area contributed by atoms with Crippen LogP contribution in [0.2, 0.25) is 0 Å². The van der Waals surface area contributed by atoms with Gasteiger partial charge in [0.05, 0.1) is 5.69 Å². The van der Waals surface area contributed by atoms with Crippen molar-refractivity contribution >= 4 is 11.6 Å². The van der Waals surface area contributed by atoms with Crippen molar-refractivity contribution < 1.29 is 9.18 Å². The molecule has 1 atom stereocenters. The van der Waals surface area contributed by atoms with Gasteiger partial charge in [0.1, 0.15) is 11.5 Å². The highest BCUT2D eigenvalue weighted by Crippen LogP contribution is 2.29. The second kappa shape index (κ2) is 8.80. The summed E-state index contributed by atoms with van der Waals surface area (Å²) >= 11 is 0. The monoisotopic (exact) mass is 367 g/mol. The lowest BCUT2D eigenvalue weighted by molar-refractivity contribution is -0.121. The molecule has 0 aliphatic heterocycles. The molecule has 0 fully saturated rings. The van der Waals surface area contributed by atoms with Crippen LogP contribution in [-0.2, 0) is 4.79 Å². The van der Waals surface area contributed by atoms with Crippen LogP contribution in [0.5, 0.6) is 0 Å². The van der Waals surface area contributed by atoms with Gasteiger partial charge in [0, 0.05) is 31.3 Å². The van der Waals surface area contributed by atoms with E-state index in [0.717, 1.165) is 41.7 Å². The molecule has 0 spiro atoms. The fraction of sp³-hybridized carbons (Fsp3) is 0.364. The first-order chi connectivity index (χ1) is 13.1. The SMILES string of the molecule is CCCCCNC(=O)CC(c1cccc(F)c1)c1cnc2c(C)cccn12. The van der Waals surface area contributed by atoms with E-state index >= 15 is 0 Å². The van der Waals surface area contributed by atoms with Crippen LogP contribution in [0.3, 0.4) is 0 Å². The molecular weight excluding hydrogens is 341 g/mol. The van der Waals surface area contributed by atoms with E-state index in [1.807, 2.05) is 35.7 Å². The summed E-state index contributed by atoms with van der Waals surface area (Å²) in [5, 5.41) is 2.99. The summed E-state index contributed by atoms with van der Waals surface area (Å²) in [4.78, 5) is 17.1. The Morgan fingerprint density at radius 3 is 2.89 bits per heavy atom. The zero-order valence-corrected chi connectivity index (χ0v) is 15.9. The highest BCUT2D eigenvalue weighted by atomic mass is 19.1. The number of nitrogens with zero attached hydrogens (tertiary/aromatic N) is 2. The fourth-order valence-electron chi connectivity index (χ4n) is 3.41. The third-order valence-electron chi connectivity index (χ3n) is 4.86. The molecule has 0 saturated heterocycles. The number of amides is 1. The molecule has 1 N–H and O–H groups in total. The number of aryl methyl sites for hydroxylation is 1. The molecule has 3 rings (SSSR count). The summed E-state index contributed by atoms with van der Waals surface area (Å²) in [7, 11) is 0. The number of fused-ring (bicyclic) bond motifs is 1. The molecule has 1 amide bonds. The highest BCUT2D eigenvalue weighted by Gasteiger charge is 2.22. The van der Waals surface area contributed by atoms with Gasteiger partial charge in [-0.3, -0.25) is 4.79 Å². The lowest BCUT2D eigenvalue weighted by atomic mass is 9.92. The number of pyridine rings is 1. The number of hydrogen-bond donors (Lipinski definition) is 1. The Morgan fingerprint density at radius 2 is 2.11 bits per heavy atom. The summed E-state index contributed by atoms with van der Waals surface area (Å²) < 4.78 is 15.8. The van der Waals surface area contributed by atoms with Gasteiger partial charge in [-0.15, -0.1) is 0 Å². The molecule has 27 heavy (non-hydrogen) atoms. The van der Waals surface area contributed by atoms with Crippen molar-refractivity contribution in [2.24, 2.45) is 0 Å². The first-order valence-electron chi connectivity index (χ1n) is 9.55. The lowest BCUT2D eigenvalue weighted by Crippen LogP contribution is -2.26. The van der Waals surface area contributed by atoms with Crippen LogP contribution in [0, 0.1) is 12.7 Å². The predicted octanol–water partition coefficient (Wildman–Crippen LogP) is 4.61. The molecule has 3 aromatic rings. The molecule has 2 heterocycles. The number of aromatic nitrogens is 2. The molecule has 0 bridgehead atoms. The lowest BCUT2D eigenvalue weighted by Gasteiger charge is -2.18. The molecule has 0 saturated carbocycles. The van der Waals surface area contributed by atoms with E-state index in [9.17, 15) is 9.18 Å². The van der Waals surface area contributed by atoms with Crippen LogP contribution in [0.4, 0.5) is 4.39 Å². The summed E-state index contributed by atoms with van der Waals surface area (Å²) in [6.07, 6.45) is 7.18. The molecule has 2 aromatic heterocycles. The van der Waals surface area contributed by atoms with Crippen molar-refractivity contribution in [1.82, 2.24) is 14.7 Å². The Hall–Kier alpha value is -2.69. The largest absolute Gasteiger partial charge is 0.356 e. The van der Waals surface area contributed by atoms with Gasteiger partial charge in [-0.2, -0.15) is 0 Å². The first kappa shape index (κ1) is 19.1. The van der Waals surface area contributed by atoms with Crippen LogP contribution in [0.25, 0.3) is 5.65 Å². The van der Waals surface area contributed by atoms with Crippen molar-refractivity contribution in [1.29, 1.82) is 0 Å². The van der Waals surface area contributed by atoms with Crippen LogP contribution in [0.1, 0.15) is 55.3 Å². The Balaban J connectivity index is 1.90. The maximum absolute atomic E-state index is 13.8. The van der Waals surface area contributed by atoms with E-state index in [0.29, 0.717) is 6.54 Å². The molecule has 0 aliphatic rings. The number of carbonyl (C=O) groups excluding carboxylic acids is 1. The third kappa shape index (κ3) is 4.54. The van der Waals surface area contributed by atoms with Gasteiger partial charge in [0.15, 0.2) is 0 Å². The topological polar surface area (TPSA) is 46.4 Å². The molecule has 1 unspecified atom stereocenters. The van der Waals surface area contributed by atoms with Gasteiger partial charge in [0.25, 0.3) is 0 Å².